The van der Waals surface area contributed by atoms with Gasteiger partial charge in [0, 0.05) is 11.9 Å². The van der Waals surface area contributed by atoms with Crippen LogP contribution in [0.15, 0.2) is 36.0 Å². The van der Waals surface area contributed by atoms with E-state index in [0.717, 1.165) is 30.5 Å². The summed E-state index contributed by atoms with van der Waals surface area (Å²) >= 11 is 0. The molecule has 0 radical (unpaired) electrons. The van der Waals surface area contributed by atoms with Crippen molar-refractivity contribution in [1.29, 1.82) is 5.26 Å². The summed E-state index contributed by atoms with van der Waals surface area (Å²) in [5.41, 5.74) is -1.04. The van der Waals surface area contributed by atoms with Crippen LogP contribution in [-0.2, 0) is 15.7 Å². The topological polar surface area (TPSA) is 91.2 Å². The van der Waals surface area contributed by atoms with Gasteiger partial charge in [-0.2, -0.15) is 18.4 Å². The molecule has 1 aromatic carbocycles. The monoisotopic (exact) mass is 327 g/mol. The highest BCUT2D eigenvalue weighted by molar-refractivity contribution is 6.05. The van der Waals surface area contributed by atoms with Gasteiger partial charge in [0.05, 0.1) is 12.2 Å². The maximum atomic E-state index is 12.4. The van der Waals surface area contributed by atoms with Crippen LogP contribution in [0.2, 0.25) is 0 Å². The quantitative estimate of drug-likeness (QED) is 0.655. The Morgan fingerprint density at radius 3 is 2.39 bits per heavy atom. The third-order valence-electron chi connectivity index (χ3n) is 2.45. The Kier molecular flexibility index (Phi) is 6.14. The summed E-state index contributed by atoms with van der Waals surface area (Å²) in [7, 11) is 0. The minimum Gasteiger partial charge on any atom is -0.450 e. The number of ether oxygens (including phenoxy) is 1. The van der Waals surface area contributed by atoms with Crippen LogP contribution in [0.25, 0.3) is 0 Å². The third kappa shape index (κ3) is 5.70. The molecular formula is C14H12F3N3O3. The molecule has 0 saturated heterocycles. The summed E-state index contributed by atoms with van der Waals surface area (Å²) in [4.78, 5) is 22.6. The van der Waals surface area contributed by atoms with E-state index in [1.807, 2.05) is 5.32 Å². The number of carbonyl (C=O) groups excluding carboxylic acids is 2. The number of anilines is 1. The Morgan fingerprint density at radius 2 is 1.91 bits per heavy atom. The molecule has 1 rings (SSSR count). The van der Waals surface area contributed by atoms with Crippen molar-refractivity contribution in [1.82, 2.24) is 5.32 Å². The fourth-order valence-corrected chi connectivity index (χ4v) is 1.39. The molecule has 1 aromatic rings. The lowest BCUT2D eigenvalue weighted by Crippen LogP contribution is -2.32. The Hall–Kier alpha value is -3.02. The molecule has 0 aliphatic heterocycles. The largest absolute Gasteiger partial charge is 0.450 e. The summed E-state index contributed by atoms with van der Waals surface area (Å²) in [6.07, 6.45) is -4.49. The van der Waals surface area contributed by atoms with Gasteiger partial charge in [-0.25, -0.2) is 4.79 Å². The predicted molar refractivity (Wildman–Crippen MR) is 73.9 cm³/mol. The van der Waals surface area contributed by atoms with Crippen molar-refractivity contribution in [2.75, 3.05) is 11.9 Å². The molecule has 0 aliphatic carbocycles. The number of carbonyl (C=O) groups is 2. The minimum absolute atomic E-state index is 0.0501. The second kappa shape index (κ2) is 7.84. The van der Waals surface area contributed by atoms with Crippen molar-refractivity contribution in [3.63, 3.8) is 0 Å². The molecule has 0 unspecified atom stereocenters. The number of hydrogen-bond acceptors (Lipinski definition) is 5. The number of alkyl carbamates (subject to hydrolysis) is 1. The van der Waals surface area contributed by atoms with Gasteiger partial charge in [-0.1, -0.05) is 0 Å². The van der Waals surface area contributed by atoms with Crippen LogP contribution in [0.5, 0.6) is 0 Å². The van der Waals surface area contributed by atoms with Crippen LogP contribution in [0, 0.1) is 11.3 Å². The Labute approximate surface area is 129 Å². The van der Waals surface area contributed by atoms with Crippen molar-refractivity contribution in [3.05, 3.63) is 41.6 Å². The molecule has 2 amide bonds. The summed E-state index contributed by atoms with van der Waals surface area (Å²) in [5.74, 6) is -0.995. The molecule has 6 nitrogen and oxygen atoms in total. The zero-order valence-corrected chi connectivity index (χ0v) is 11.9. The second-order valence-corrected chi connectivity index (χ2v) is 4.06. The molecule has 2 N–H and O–H groups in total. The average molecular weight is 327 g/mol. The zero-order valence-electron chi connectivity index (χ0n) is 11.9. The second-order valence-electron chi connectivity index (χ2n) is 4.06. The van der Waals surface area contributed by atoms with Crippen molar-refractivity contribution in [2.45, 2.75) is 13.1 Å². The normalized spacial score (nSPS) is 11.3. The molecule has 0 heterocycles. The van der Waals surface area contributed by atoms with E-state index in [1.165, 1.54) is 6.92 Å². The van der Waals surface area contributed by atoms with Gasteiger partial charge in [-0.3, -0.25) is 10.1 Å². The zero-order chi connectivity index (χ0) is 17.5. The first-order valence-corrected chi connectivity index (χ1v) is 6.30. The molecule has 0 fully saturated rings. The molecule has 0 spiro atoms. The molecular weight excluding hydrogens is 315 g/mol. The molecule has 9 heteroatoms. The first-order chi connectivity index (χ1) is 10.8. The molecule has 0 bridgehead atoms. The standard InChI is InChI=1S/C14H12F3N3O3/c1-2-23-13(22)20-12(21)9(7-18)8-19-11-5-3-10(4-6-11)14(15,16)17/h3-6,8,19H,2H2,1H3,(H,20,21,22). The summed E-state index contributed by atoms with van der Waals surface area (Å²) in [6.45, 7) is 1.59. The number of alkyl halides is 3. The smallest absolute Gasteiger partial charge is 0.416 e. The van der Waals surface area contributed by atoms with E-state index in [-0.39, 0.29) is 12.3 Å². The summed E-state index contributed by atoms with van der Waals surface area (Å²) in [5, 5.41) is 13.2. The fourth-order valence-electron chi connectivity index (χ4n) is 1.39. The maximum Gasteiger partial charge on any atom is 0.416 e. The lowest BCUT2D eigenvalue weighted by Gasteiger charge is -2.08. The highest BCUT2D eigenvalue weighted by atomic mass is 19.4. The number of nitrogens with one attached hydrogen (secondary N) is 2. The van der Waals surface area contributed by atoms with Crippen molar-refractivity contribution < 1.29 is 27.5 Å². The minimum atomic E-state index is -4.45. The van der Waals surface area contributed by atoms with E-state index in [9.17, 15) is 22.8 Å². The Morgan fingerprint density at radius 1 is 1.30 bits per heavy atom. The van der Waals surface area contributed by atoms with Crippen LogP contribution in [0.1, 0.15) is 12.5 Å². The lowest BCUT2D eigenvalue weighted by molar-refractivity contribution is -0.137. The van der Waals surface area contributed by atoms with Gasteiger partial charge in [0.1, 0.15) is 11.6 Å². The molecule has 23 heavy (non-hydrogen) atoms. The molecule has 0 atom stereocenters. The third-order valence-corrected chi connectivity index (χ3v) is 2.45. The number of benzene rings is 1. The van der Waals surface area contributed by atoms with Crippen LogP contribution in [0.3, 0.4) is 0 Å². The van der Waals surface area contributed by atoms with Crippen molar-refractivity contribution in [2.24, 2.45) is 0 Å². The van der Waals surface area contributed by atoms with Gasteiger partial charge < -0.3 is 10.1 Å². The van der Waals surface area contributed by atoms with Gasteiger partial charge >= 0.3 is 12.3 Å². The van der Waals surface area contributed by atoms with Crippen LogP contribution in [-0.4, -0.2) is 18.6 Å². The van der Waals surface area contributed by atoms with Crippen LogP contribution >= 0.6 is 0 Å². The van der Waals surface area contributed by atoms with E-state index < -0.39 is 29.3 Å². The van der Waals surface area contributed by atoms with Gasteiger partial charge in [-0.05, 0) is 31.2 Å². The van der Waals surface area contributed by atoms with Gasteiger partial charge in [-0.15, -0.1) is 0 Å². The summed E-state index contributed by atoms with van der Waals surface area (Å²) < 4.78 is 41.7. The van der Waals surface area contributed by atoms with Crippen molar-refractivity contribution >= 4 is 17.7 Å². The molecule has 0 aromatic heterocycles. The molecule has 0 saturated carbocycles. The number of nitrogens with zero attached hydrogens (tertiary/aromatic N) is 1. The van der Waals surface area contributed by atoms with E-state index >= 15 is 0 Å². The van der Waals surface area contributed by atoms with Gasteiger partial charge in [0.2, 0.25) is 0 Å². The molecule has 0 aliphatic rings. The van der Waals surface area contributed by atoms with E-state index in [4.69, 9.17) is 5.26 Å². The number of amides is 2. The first-order valence-electron chi connectivity index (χ1n) is 6.30. The van der Waals surface area contributed by atoms with Gasteiger partial charge in [0.15, 0.2) is 0 Å². The Balaban J connectivity index is 2.75. The van der Waals surface area contributed by atoms with Crippen molar-refractivity contribution in [3.8, 4) is 6.07 Å². The first kappa shape index (κ1) is 18.0. The van der Waals surface area contributed by atoms with Crippen LogP contribution in [0.4, 0.5) is 23.7 Å². The number of nitriles is 1. The Bertz CT molecular complexity index is 646. The number of halogens is 3. The number of imide groups is 1. The summed E-state index contributed by atoms with van der Waals surface area (Å²) in [6, 6.07) is 5.52. The fraction of sp³-hybridized carbons (Fsp3) is 0.214. The van der Waals surface area contributed by atoms with E-state index in [0.29, 0.717) is 0 Å². The maximum absolute atomic E-state index is 12.4. The number of hydrogen-bond donors (Lipinski definition) is 2. The van der Waals surface area contributed by atoms with E-state index in [2.05, 4.69) is 10.1 Å². The van der Waals surface area contributed by atoms with E-state index in [1.54, 1.807) is 6.07 Å². The highest BCUT2D eigenvalue weighted by Crippen LogP contribution is 2.29. The molecule has 122 valence electrons. The predicted octanol–water partition coefficient (Wildman–Crippen LogP) is 2.80. The highest BCUT2D eigenvalue weighted by Gasteiger charge is 2.29. The SMILES string of the molecule is CCOC(=O)NC(=O)C(C#N)=CNc1ccc(C(F)(F)F)cc1. The van der Waals surface area contributed by atoms with Gasteiger partial charge in [0.25, 0.3) is 5.91 Å². The number of rotatable bonds is 4. The average Bonchev–Trinajstić information content (AvgIpc) is 2.47. The lowest BCUT2D eigenvalue weighted by atomic mass is 10.2. The van der Waals surface area contributed by atoms with Crippen LogP contribution < -0.4 is 10.6 Å².